The van der Waals surface area contributed by atoms with E-state index in [9.17, 15) is 9.90 Å². The van der Waals surface area contributed by atoms with Gasteiger partial charge in [0.05, 0.1) is 5.41 Å². The molecule has 0 radical (unpaired) electrons. The molecular weight excluding hydrogens is 284 g/mol. The fourth-order valence-electron chi connectivity index (χ4n) is 3.50. The van der Waals surface area contributed by atoms with Crippen molar-refractivity contribution in [1.29, 1.82) is 0 Å². The number of rotatable bonds is 3. The van der Waals surface area contributed by atoms with E-state index in [2.05, 4.69) is 20.8 Å². The molecule has 1 aromatic rings. The van der Waals surface area contributed by atoms with E-state index in [1.54, 1.807) is 0 Å². The van der Waals surface area contributed by atoms with Crippen LogP contribution in [0.1, 0.15) is 52.0 Å². The number of carboxylic acids is 1. The first-order chi connectivity index (χ1) is 9.73. The number of hydrogen-bond donors (Lipinski definition) is 1. The van der Waals surface area contributed by atoms with Crippen molar-refractivity contribution in [3.8, 4) is 0 Å². The summed E-state index contributed by atoms with van der Waals surface area (Å²) in [4.78, 5) is 11.9. The standard InChI is InChI=1S/C18H25ClO2/c1-17(2,3)14-8-10-18(11-9-14,16(20)21)12-13-4-6-15(19)7-5-13/h4-7,14H,8-12H2,1-3H3,(H,20,21). The third-order valence-electron chi connectivity index (χ3n) is 5.08. The smallest absolute Gasteiger partial charge is 0.309 e. The molecule has 0 aromatic heterocycles. The molecule has 0 unspecified atom stereocenters. The number of carboxylic acid groups (broad SMARTS) is 1. The summed E-state index contributed by atoms with van der Waals surface area (Å²) >= 11 is 5.90. The van der Waals surface area contributed by atoms with Crippen molar-refractivity contribution in [3.05, 3.63) is 34.9 Å². The fraction of sp³-hybridized carbons (Fsp3) is 0.611. The maximum absolute atomic E-state index is 11.9. The van der Waals surface area contributed by atoms with Gasteiger partial charge in [0, 0.05) is 5.02 Å². The summed E-state index contributed by atoms with van der Waals surface area (Å²) in [5.74, 6) is -0.0278. The molecule has 0 atom stereocenters. The number of hydrogen-bond acceptors (Lipinski definition) is 1. The van der Waals surface area contributed by atoms with Crippen molar-refractivity contribution < 1.29 is 9.90 Å². The fourth-order valence-corrected chi connectivity index (χ4v) is 3.62. The second-order valence-electron chi connectivity index (χ2n) is 7.53. The summed E-state index contributed by atoms with van der Waals surface area (Å²) in [6.45, 7) is 6.76. The Labute approximate surface area is 132 Å². The largest absolute Gasteiger partial charge is 0.481 e. The first kappa shape index (κ1) is 16.4. The van der Waals surface area contributed by atoms with Crippen LogP contribution in [0.3, 0.4) is 0 Å². The minimum Gasteiger partial charge on any atom is -0.481 e. The van der Waals surface area contributed by atoms with E-state index in [1.807, 2.05) is 24.3 Å². The molecule has 3 heteroatoms. The van der Waals surface area contributed by atoms with E-state index in [-0.39, 0.29) is 5.41 Å². The van der Waals surface area contributed by atoms with Crippen LogP contribution in [-0.2, 0) is 11.2 Å². The van der Waals surface area contributed by atoms with Gasteiger partial charge in [-0.25, -0.2) is 0 Å². The Morgan fingerprint density at radius 1 is 1.24 bits per heavy atom. The predicted octanol–water partition coefficient (Wildman–Crippen LogP) is 5.19. The molecule has 2 nitrogen and oxygen atoms in total. The zero-order chi connectivity index (χ0) is 15.7. The Bertz CT molecular complexity index is 491. The quantitative estimate of drug-likeness (QED) is 0.834. The molecule has 1 fully saturated rings. The summed E-state index contributed by atoms with van der Waals surface area (Å²) in [7, 11) is 0. The van der Waals surface area contributed by atoms with Crippen LogP contribution in [0, 0.1) is 16.7 Å². The molecule has 1 aliphatic rings. The average molecular weight is 309 g/mol. The molecule has 1 saturated carbocycles. The maximum Gasteiger partial charge on any atom is 0.309 e. The zero-order valence-corrected chi connectivity index (χ0v) is 13.9. The van der Waals surface area contributed by atoms with E-state index >= 15 is 0 Å². The normalized spacial score (nSPS) is 26.6. The summed E-state index contributed by atoms with van der Waals surface area (Å²) in [6, 6.07) is 7.58. The lowest BCUT2D eigenvalue weighted by atomic mass is 9.62. The first-order valence-corrected chi connectivity index (χ1v) is 8.09. The van der Waals surface area contributed by atoms with Crippen molar-refractivity contribution in [2.45, 2.75) is 52.9 Å². The molecule has 21 heavy (non-hydrogen) atoms. The van der Waals surface area contributed by atoms with Crippen LogP contribution < -0.4 is 0 Å². The van der Waals surface area contributed by atoms with E-state index in [0.717, 1.165) is 31.2 Å². The van der Waals surface area contributed by atoms with Crippen LogP contribution in [0.4, 0.5) is 0 Å². The number of halogens is 1. The average Bonchev–Trinajstić information content (AvgIpc) is 2.41. The maximum atomic E-state index is 11.9. The Morgan fingerprint density at radius 2 is 1.76 bits per heavy atom. The molecule has 0 spiro atoms. The number of benzene rings is 1. The molecule has 0 heterocycles. The lowest BCUT2D eigenvalue weighted by Gasteiger charge is -2.42. The molecule has 0 aliphatic heterocycles. The van der Waals surface area contributed by atoms with Crippen molar-refractivity contribution in [3.63, 3.8) is 0 Å². The van der Waals surface area contributed by atoms with Crippen LogP contribution >= 0.6 is 11.6 Å². The molecule has 1 N–H and O–H groups in total. The number of carbonyl (C=O) groups is 1. The van der Waals surface area contributed by atoms with E-state index in [1.165, 1.54) is 0 Å². The van der Waals surface area contributed by atoms with E-state index in [0.29, 0.717) is 17.4 Å². The third kappa shape index (κ3) is 3.79. The lowest BCUT2D eigenvalue weighted by molar-refractivity contribution is -0.152. The summed E-state index contributed by atoms with van der Waals surface area (Å²) in [5, 5.41) is 10.5. The van der Waals surface area contributed by atoms with Crippen molar-refractivity contribution in [2.24, 2.45) is 16.7 Å². The third-order valence-corrected chi connectivity index (χ3v) is 5.33. The van der Waals surface area contributed by atoms with Gasteiger partial charge in [0.25, 0.3) is 0 Å². The molecule has 116 valence electrons. The van der Waals surface area contributed by atoms with Gasteiger partial charge in [0.1, 0.15) is 0 Å². The summed E-state index contributed by atoms with van der Waals surface area (Å²) in [5.41, 5.74) is 0.733. The molecule has 1 aliphatic carbocycles. The van der Waals surface area contributed by atoms with Crippen molar-refractivity contribution in [1.82, 2.24) is 0 Å². The Hall–Kier alpha value is -1.02. The molecular formula is C18H25ClO2. The highest BCUT2D eigenvalue weighted by molar-refractivity contribution is 6.30. The van der Waals surface area contributed by atoms with Crippen molar-refractivity contribution >= 4 is 17.6 Å². The van der Waals surface area contributed by atoms with Gasteiger partial charge in [0.15, 0.2) is 0 Å². The highest BCUT2D eigenvalue weighted by atomic mass is 35.5. The van der Waals surface area contributed by atoms with Gasteiger partial charge in [-0.05, 0) is 61.1 Å². The second kappa shape index (κ2) is 6.00. The molecule has 1 aromatic carbocycles. The zero-order valence-electron chi connectivity index (χ0n) is 13.2. The Kier molecular flexibility index (Phi) is 4.67. The topological polar surface area (TPSA) is 37.3 Å². The van der Waals surface area contributed by atoms with Gasteiger partial charge < -0.3 is 5.11 Å². The van der Waals surface area contributed by atoms with Gasteiger partial charge in [-0.1, -0.05) is 44.5 Å². The monoisotopic (exact) mass is 308 g/mol. The van der Waals surface area contributed by atoms with Gasteiger partial charge in [-0.15, -0.1) is 0 Å². The SMILES string of the molecule is CC(C)(C)C1CCC(Cc2ccc(Cl)cc2)(C(=O)O)CC1. The first-order valence-electron chi connectivity index (χ1n) is 7.71. The second-order valence-corrected chi connectivity index (χ2v) is 7.97. The van der Waals surface area contributed by atoms with Crippen molar-refractivity contribution in [2.75, 3.05) is 0 Å². The summed E-state index contributed by atoms with van der Waals surface area (Å²) in [6.07, 6.45) is 4.16. The van der Waals surface area contributed by atoms with Crippen LogP contribution in [0.5, 0.6) is 0 Å². The molecule has 2 rings (SSSR count). The Balaban J connectivity index is 2.13. The highest BCUT2D eigenvalue weighted by Crippen LogP contribution is 2.47. The molecule has 0 amide bonds. The minimum atomic E-state index is -0.648. The minimum absolute atomic E-state index is 0.269. The van der Waals surface area contributed by atoms with Gasteiger partial charge >= 0.3 is 5.97 Å². The van der Waals surface area contributed by atoms with Crippen LogP contribution in [0.25, 0.3) is 0 Å². The van der Waals surface area contributed by atoms with Gasteiger partial charge in [-0.3, -0.25) is 4.79 Å². The van der Waals surface area contributed by atoms with E-state index < -0.39 is 11.4 Å². The molecule has 0 saturated heterocycles. The highest BCUT2D eigenvalue weighted by Gasteiger charge is 2.43. The lowest BCUT2D eigenvalue weighted by Crippen LogP contribution is -2.39. The van der Waals surface area contributed by atoms with E-state index in [4.69, 9.17) is 11.6 Å². The molecule has 0 bridgehead atoms. The van der Waals surface area contributed by atoms with Crippen LogP contribution in [0.2, 0.25) is 5.02 Å². The summed E-state index contributed by atoms with van der Waals surface area (Å²) < 4.78 is 0. The predicted molar refractivity (Wildman–Crippen MR) is 86.6 cm³/mol. The van der Waals surface area contributed by atoms with Gasteiger partial charge in [-0.2, -0.15) is 0 Å². The van der Waals surface area contributed by atoms with Gasteiger partial charge in [0.2, 0.25) is 0 Å². The number of aliphatic carboxylic acids is 1. The van der Waals surface area contributed by atoms with Crippen LogP contribution in [-0.4, -0.2) is 11.1 Å². The Morgan fingerprint density at radius 3 is 2.19 bits per heavy atom. The van der Waals surface area contributed by atoms with Crippen LogP contribution in [0.15, 0.2) is 24.3 Å².